The number of carbonyl (C=O) groups excluding carboxylic acids is 1. The van der Waals surface area contributed by atoms with Gasteiger partial charge in [-0.05, 0) is 36.8 Å². The molecular weight excluding hydrogens is 400 g/mol. The van der Waals surface area contributed by atoms with Crippen LogP contribution in [0.25, 0.3) is 0 Å². The van der Waals surface area contributed by atoms with Gasteiger partial charge in [-0.25, -0.2) is 9.98 Å². The molecule has 0 aliphatic carbocycles. The summed E-state index contributed by atoms with van der Waals surface area (Å²) in [4.78, 5) is 25.7. The Kier molecular flexibility index (Phi) is 8.32. The minimum absolute atomic E-state index is 0.164. The number of pyridine rings is 1. The highest BCUT2D eigenvalue weighted by atomic mass is 35.5. The lowest BCUT2D eigenvalue weighted by Crippen LogP contribution is -2.49. The molecule has 3 rings (SSSR count). The van der Waals surface area contributed by atoms with E-state index in [1.54, 1.807) is 6.20 Å². The molecule has 0 spiro atoms. The van der Waals surface area contributed by atoms with Crippen LogP contribution in [0.1, 0.15) is 18.9 Å². The molecule has 1 fully saturated rings. The van der Waals surface area contributed by atoms with Gasteiger partial charge in [0.05, 0.1) is 6.54 Å². The fraction of sp³-hybridized carbons (Fsp3) is 0.409. The van der Waals surface area contributed by atoms with E-state index in [9.17, 15) is 4.79 Å². The fourth-order valence-electron chi connectivity index (χ4n) is 3.27. The van der Waals surface area contributed by atoms with Crippen LogP contribution in [-0.4, -0.2) is 61.0 Å². The van der Waals surface area contributed by atoms with Crippen molar-refractivity contribution >= 4 is 29.3 Å². The fourth-order valence-corrected chi connectivity index (χ4v) is 3.40. The first-order chi connectivity index (χ1) is 14.7. The number of piperazine rings is 1. The van der Waals surface area contributed by atoms with Crippen molar-refractivity contribution in [2.75, 3.05) is 44.2 Å². The Morgan fingerprint density at radius 2 is 1.87 bits per heavy atom. The van der Waals surface area contributed by atoms with Crippen LogP contribution >= 0.6 is 11.6 Å². The second kappa shape index (κ2) is 11.4. The maximum Gasteiger partial charge on any atom is 0.224 e. The van der Waals surface area contributed by atoms with Crippen LogP contribution in [0, 0.1) is 0 Å². The summed E-state index contributed by atoms with van der Waals surface area (Å²) in [5.74, 6) is 1.84. The van der Waals surface area contributed by atoms with E-state index < -0.39 is 0 Å². The molecule has 1 aromatic heterocycles. The van der Waals surface area contributed by atoms with Gasteiger partial charge < -0.3 is 20.4 Å². The maximum absolute atomic E-state index is 12.6. The molecule has 2 N–H and O–H groups in total. The number of amides is 1. The molecule has 7 nitrogen and oxygen atoms in total. The van der Waals surface area contributed by atoms with Gasteiger partial charge in [0, 0.05) is 56.9 Å². The van der Waals surface area contributed by atoms with E-state index in [0.29, 0.717) is 30.5 Å². The van der Waals surface area contributed by atoms with E-state index in [4.69, 9.17) is 11.6 Å². The molecule has 1 saturated heterocycles. The van der Waals surface area contributed by atoms with E-state index in [0.717, 1.165) is 44.1 Å². The zero-order valence-corrected chi connectivity index (χ0v) is 18.1. The second-order valence-electron chi connectivity index (χ2n) is 7.05. The predicted molar refractivity (Wildman–Crippen MR) is 122 cm³/mol. The normalized spacial score (nSPS) is 14.5. The molecule has 8 heteroatoms. The van der Waals surface area contributed by atoms with Crippen LogP contribution < -0.4 is 15.5 Å². The summed E-state index contributed by atoms with van der Waals surface area (Å²) in [5, 5.41) is 7.18. The van der Waals surface area contributed by atoms with E-state index in [1.807, 2.05) is 54.3 Å². The highest BCUT2D eigenvalue weighted by Crippen LogP contribution is 2.13. The molecule has 1 aromatic carbocycles. The van der Waals surface area contributed by atoms with Gasteiger partial charge in [-0.15, -0.1) is 0 Å². The topological polar surface area (TPSA) is 72.9 Å². The van der Waals surface area contributed by atoms with Crippen molar-refractivity contribution in [1.29, 1.82) is 0 Å². The molecule has 2 heterocycles. The predicted octanol–water partition coefficient (Wildman–Crippen LogP) is 2.53. The first-order valence-corrected chi connectivity index (χ1v) is 10.7. The number of benzene rings is 1. The van der Waals surface area contributed by atoms with Crippen molar-refractivity contribution in [3.63, 3.8) is 0 Å². The highest BCUT2D eigenvalue weighted by Gasteiger charge is 2.21. The third-order valence-electron chi connectivity index (χ3n) is 4.91. The third kappa shape index (κ3) is 6.62. The molecule has 1 aliphatic rings. The summed E-state index contributed by atoms with van der Waals surface area (Å²) >= 11 is 5.92. The number of hydrogen-bond acceptors (Lipinski definition) is 4. The number of rotatable bonds is 7. The van der Waals surface area contributed by atoms with Crippen molar-refractivity contribution in [2.45, 2.75) is 19.9 Å². The first kappa shape index (κ1) is 21.9. The molecule has 2 aromatic rings. The largest absolute Gasteiger partial charge is 0.357 e. The molecule has 0 unspecified atom stereocenters. The summed E-state index contributed by atoms with van der Waals surface area (Å²) in [6.45, 7) is 6.94. The Labute approximate surface area is 183 Å². The number of aromatic nitrogens is 1. The Bertz CT molecular complexity index is 819. The maximum atomic E-state index is 12.6. The van der Waals surface area contributed by atoms with Crippen LogP contribution in [0.3, 0.4) is 0 Å². The number of aliphatic imine (C=N–C) groups is 1. The SMILES string of the molecule is CCNC(=NCc1ccc(Cl)cc1)NCCC(=O)N1CCN(c2ccccn2)CC1. The molecule has 0 atom stereocenters. The van der Waals surface area contributed by atoms with Crippen molar-refractivity contribution in [3.8, 4) is 0 Å². The third-order valence-corrected chi connectivity index (χ3v) is 5.17. The first-order valence-electron chi connectivity index (χ1n) is 10.4. The smallest absolute Gasteiger partial charge is 0.224 e. The van der Waals surface area contributed by atoms with Gasteiger partial charge in [-0.1, -0.05) is 29.8 Å². The zero-order chi connectivity index (χ0) is 21.2. The molecule has 30 heavy (non-hydrogen) atoms. The second-order valence-corrected chi connectivity index (χ2v) is 7.49. The number of hydrogen-bond donors (Lipinski definition) is 2. The summed E-state index contributed by atoms with van der Waals surface area (Å²) in [6.07, 6.45) is 2.24. The number of carbonyl (C=O) groups is 1. The van der Waals surface area contributed by atoms with Crippen molar-refractivity contribution in [1.82, 2.24) is 20.5 Å². The summed E-state index contributed by atoms with van der Waals surface area (Å²) in [6, 6.07) is 13.6. The van der Waals surface area contributed by atoms with Crippen LogP contribution in [0.15, 0.2) is 53.7 Å². The summed E-state index contributed by atoms with van der Waals surface area (Å²) < 4.78 is 0. The number of nitrogens with one attached hydrogen (secondary N) is 2. The van der Waals surface area contributed by atoms with Crippen LogP contribution in [0.5, 0.6) is 0 Å². The van der Waals surface area contributed by atoms with Gasteiger partial charge in [-0.3, -0.25) is 4.79 Å². The van der Waals surface area contributed by atoms with Crippen LogP contribution in [-0.2, 0) is 11.3 Å². The molecule has 160 valence electrons. The molecule has 0 saturated carbocycles. The van der Waals surface area contributed by atoms with Crippen molar-refractivity contribution in [3.05, 3.63) is 59.2 Å². The van der Waals surface area contributed by atoms with Crippen molar-refractivity contribution < 1.29 is 4.79 Å². The number of halogens is 1. The minimum atomic E-state index is 0.164. The van der Waals surface area contributed by atoms with Gasteiger partial charge in [-0.2, -0.15) is 0 Å². The quantitative estimate of drug-likeness (QED) is 0.523. The Morgan fingerprint density at radius 1 is 1.10 bits per heavy atom. The van der Waals surface area contributed by atoms with Gasteiger partial charge in [0.2, 0.25) is 5.91 Å². The average molecular weight is 429 g/mol. The lowest BCUT2D eigenvalue weighted by molar-refractivity contribution is -0.131. The monoisotopic (exact) mass is 428 g/mol. The number of anilines is 1. The Morgan fingerprint density at radius 3 is 2.53 bits per heavy atom. The summed E-state index contributed by atoms with van der Waals surface area (Å²) in [5.41, 5.74) is 1.08. The molecular formula is C22H29ClN6O. The molecule has 1 aliphatic heterocycles. The lowest BCUT2D eigenvalue weighted by atomic mass is 10.2. The van der Waals surface area contributed by atoms with E-state index in [1.165, 1.54) is 0 Å². The van der Waals surface area contributed by atoms with E-state index >= 15 is 0 Å². The van der Waals surface area contributed by atoms with Gasteiger partial charge in [0.15, 0.2) is 5.96 Å². The Balaban J connectivity index is 1.42. The standard InChI is InChI=1S/C22H29ClN6O/c1-2-24-22(27-17-18-6-8-19(23)9-7-18)26-12-10-21(30)29-15-13-28(14-16-29)20-5-3-4-11-25-20/h3-9,11H,2,10,12-17H2,1H3,(H2,24,26,27). The zero-order valence-electron chi connectivity index (χ0n) is 17.4. The molecule has 1 amide bonds. The van der Waals surface area contributed by atoms with Gasteiger partial charge in [0.25, 0.3) is 0 Å². The van der Waals surface area contributed by atoms with E-state index in [-0.39, 0.29) is 5.91 Å². The van der Waals surface area contributed by atoms with Crippen molar-refractivity contribution in [2.24, 2.45) is 4.99 Å². The van der Waals surface area contributed by atoms with E-state index in [2.05, 4.69) is 25.5 Å². The molecule has 0 bridgehead atoms. The lowest BCUT2D eigenvalue weighted by Gasteiger charge is -2.35. The average Bonchev–Trinajstić information content (AvgIpc) is 2.79. The molecule has 0 radical (unpaired) electrons. The Hall–Kier alpha value is -2.80. The minimum Gasteiger partial charge on any atom is -0.357 e. The van der Waals surface area contributed by atoms with Gasteiger partial charge in [0.1, 0.15) is 5.82 Å². The number of nitrogens with zero attached hydrogens (tertiary/aromatic N) is 4. The summed E-state index contributed by atoms with van der Waals surface area (Å²) in [7, 11) is 0. The highest BCUT2D eigenvalue weighted by molar-refractivity contribution is 6.30. The van der Waals surface area contributed by atoms with Gasteiger partial charge >= 0.3 is 0 Å². The van der Waals surface area contributed by atoms with Crippen LogP contribution in [0.2, 0.25) is 5.02 Å². The van der Waals surface area contributed by atoms with Crippen LogP contribution in [0.4, 0.5) is 5.82 Å². The number of guanidine groups is 1.